The molecule has 0 fully saturated rings. The summed E-state index contributed by atoms with van der Waals surface area (Å²) in [6.45, 7) is 0. The first kappa shape index (κ1) is 9.65. The highest BCUT2D eigenvalue weighted by Crippen LogP contribution is 2.31. The first-order valence-electron chi connectivity index (χ1n) is 3.66. The summed E-state index contributed by atoms with van der Waals surface area (Å²) in [5.74, 6) is -2.70. The van der Waals surface area contributed by atoms with Gasteiger partial charge in [0.25, 0.3) is 5.92 Å². The van der Waals surface area contributed by atoms with Crippen molar-refractivity contribution in [3.63, 3.8) is 0 Å². The van der Waals surface area contributed by atoms with Crippen LogP contribution in [0, 0.1) is 0 Å². The molecule has 1 rings (SSSR count). The summed E-state index contributed by atoms with van der Waals surface area (Å²) in [5, 5.41) is 0.314. The van der Waals surface area contributed by atoms with Crippen molar-refractivity contribution < 1.29 is 8.78 Å². The average molecular weight is 235 g/mol. The number of alkyl halides is 3. The van der Waals surface area contributed by atoms with Crippen LogP contribution in [0.5, 0.6) is 0 Å². The summed E-state index contributed by atoms with van der Waals surface area (Å²) in [5.41, 5.74) is 0.0875. The molecule has 0 nitrogen and oxygen atoms in total. The van der Waals surface area contributed by atoms with Gasteiger partial charge in [-0.25, -0.2) is 8.78 Å². The zero-order chi connectivity index (χ0) is 9.03. The van der Waals surface area contributed by atoms with Crippen molar-refractivity contribution in [1.82, 2.24) is 0 Å². The number of benzene rings is 1. The van der Waals surface area contributed by atoms with Gasteiger partial charge in [0.1, 0.15) is 0 Å². The van der Waals surface area contributed by atoms with Gasteiger partial charge in [-0.15, -0.1) is 0 Å². The molecule has 0 amide bonds. The molecule has 0 heterocycles. The summed E-state index contributed by atoms with van der Waals surface area (Å²) < 4.78 is 26.3. The lowest BCUT2D eigenvalue weighted by molar-refractivity contribution is -0.00671. The molecule has 0 aliphatic heterocycles. The van der Waals surface area contributed by atoms with Gasteiger partial charge in [0, 0.05) is 17.3 Å². The third-order valence-electron chi connectivity index (χ3n) is 1.60. The van der Waals surface area contributed by atoms with Gasteiger partial charge in [-0.3, -0.25) is 0 Å². The standard InChI is InChI=1S/C9H9BrF2/c10-7-6-9(11,12)8-4-2-1-3-5-8/h1-5H,6-7H2. The van der Waals surface area contributed by atoms with Gasteiger partial charge in [0.2, 0.25) is 0 Å². The highest BCUT2D eigenvalue weighted by Gasteiger charge is 2.29. The number of hydrogen-bond donors (Lipinski definition) is 0. The van der Waals surface area contributed by atoms with Crippen molar-refractivity contribution in [2.24, 2.45) is 0 Å². The van der Waals surface area contributed by atoms with Crippen molar-refractivity contribution in [3.05, 3.63) is 35.9 Å². The number of rotatable bonds is 3. The topological polar surface area (TPSA) is 0 Å². The van der Waals surface area contributed by atoms with Crippen LogP contribution in [0.25, 0.3) is 0 Å². The van der Waals surface area contributed by atoms with E-state index < -0.39 is 5.92 Å². The fraction of sp³-hybridized carbons (Fsp3) is 0.333. The largest absolute Gasteiger partial charge is 0.274 e. The van der Waals surface area contributed by atoms with Gasteiger partial charge in [-0.1, -0.05) is 46.3 Å². The van der Waals surface area contributed by atoms with Crippen LogP contribution in [0.15, 0.2) is 30.3 Å². The van der Waals surface area contributed by atoms with Crippen molar-refractivity contribution >= 4 is 15.9 Å². The van der Waals surface area contributed by atoms with Crippen molar-refractivity contribution in [2.45, 2.75) is 12.3 Å². The Kier molecular flexibility index (Phi) is 3.20. The van der Waals surface area contributed by atoms with E-state index in [1.807, 2.05) is 0 Å². The Labute approximate surface area is 78.7 Å². The third-order valence-corrected chi connectivity index (χ3v) is 2.00. The molecule has 0 aromatic heterocycles. The van der Waals surface area contributed by atoms with E-state index in [-0.39, 0.29) is 12.0 Å². The Morgan fingerprint density at radius 1 is 1.17 bits per heavy atom. The smallest absolute Gasteiger partial charge is 0.201 e. The predicted octanol–water partition coefficient (Wildman–Crippen LogP) is 3.56. The molecule has 0 bridgehead atoms. The van der Waals surface area contributed by atoms with Crippen molar-refractivity contribution in [2.75, 3.05) is 5.33 Å². The molecular formula is C9H9BrF2. The zero-order valence-electron chi connectivity index (χ0n) is 6.43. The summed E-state index contributed by atoms with van der Waals surface area (Å²) in [6.07, 6.45) is -0.156. The second-order valence-electron chi connectivity index (χ2n) is 2.51. The maximum absolute atomic E-state index is 13.1. The molecular weight excluding hydrogens is 226 g/mol. The molecule has 0 aliphatic carbocycles. The first-order chi connectivity index (χ1) is 5.67. The van der Waals surface area contributed by atoms with Gasteiger partial charge in [-0.05, 0) is 0 Å². The number of halogens is 3. The molecule has 0 spiro atoms. The quantitative estimate of drug-likeness (QED) is 0.702. The van der Waals surface area contributed by atoms with Crippen LogP contribution in [0.1, 0.15) is 12.0 Å². The summed E-state index contributed by atoms with van der Waals surface area (Å²) in [7, 11) is 0. The SMILES string of the molecule is FC(F)(CCBr)c1ccccc1. The van der Waals surface area contributed by atoms with E-state index in [4.69, 9.17) is 0 Å². The summed E-state index contributed by atoms with van der Waals surface area (Å²) >= 11 is 3.00. The second kappa shape index (κ2) is 3.99. The lowest BCUT2D eigenvalue weighted by Crippen LogP contribution is -2.13. The van der Waals surface area contributed by atoms with Crippen LogP contribution in [0.2, 0.25) is 0 Å². The molecule has 3 heteroatoms. The molecule has 1 aromatic rings. The fourth-order valence-corrected chi connectivity index (χ4v) is 1.44. The van der Waals surface area contributed by atoms with E-state index in [0.29, 0.717) is 5.33 Å². The van der Waals surface area contributed by atoms with Crippen LogP contribution in [-0.2, 0) is 5.92 Å². The molecule has 0 saturated carbocycles. The molecule has 0 saturated heterocycles. The van der Waals surface area contributed by atoms with Gasteiger partial charge in [0.05, 0.1) is 0 Å². The lowest BCUT2D eigenvalue weighted by atomic mass is 10.1. The highest BCUT2D eigenvalue weighted by atomic mass is 79.9. The Morgan fingerprint density at radius 2 is 1.75 bits per heavy atom. The normalized spacial score (nSPS) is 11.6. The van der Waals surface area contributed by atoms with E-state index in [1.165, 1.54) is 12.1 Å². The molecule has 0 aliphatic rings. The molecule has 0 atom stereocenters. The Balaban J connectivity index is 2.82. The highest BCUT2D eigenvalue weighted by molar-refractivity contribution is 9.09. The summed E-state index contributed by atoms with van der Waals surface area (Å²) in [6, 6.07) is 7.87. The van der Waals surface area contributed by atoms with Gasteiger partial charge < -0.3 is 0 Å². The molecule has 0 N–H and O–H groups in total. The van der Waals surface area contributed by atoms with Crippen LogP contribution in [0.4, 0.5) is 8.78 Å². The maximum Gasteiger partial charge on any atom is 0.274 e. The van der Waals surface area contributed by atoms with E-state index in [9.17, 15) is 8.78 Å². The van der Waals surface area contributed by atoms with Crippen LogP contribution < -0.4 is 0 Å². The Hall–Kier alpha value is -0.440. The number of hydrogen-bond acceptors (Lipinski definition) is 0. The molecule has 0 radical (unpaired) electrons. The van der Waals surface area contributed by atoms with E-state index in [0.717, 1.165) is 0 Å². The van der Waals surface area contributed by atoms with Gasteiger partial charge in [-0.2, -0.15) is 0 Å². The van der Waals surface area contributed by atoms with Crippen LogP contribution in [-0.4, -0.2) is 5.33 Å². The molecule has 0 unspecified atom stereocenters. The molecule has 1 aromatic carbocycles. The minimum absolute atomic E-state index is 0.0875. The first-order valence-corrected chi connectivity index (χ1v) is 4.78. The second-order valence-corrected chi connectivity index (χ2v) is 3.30. The van der Waals surface area contributed by atoms with E-state index >= 15 is 0 Å². The van der Waals surface area contributed by atoms with Gasteiger partial charge in [0.15, 0.2) is 0 Å². The third kappa shape index (κ3) is 2.27. The Bertz CT molecular complexity index is 234. The lowest BCUT2D eigenvalue weighted by Gasteiger charge is -2.14. The van der Waals surface area contributed by atoms with Gasteiger partial charge >= 0.3 is 0 Å². The molecule has 12 heavy (non-hydrogen) atoms. The van der Waals surface area contributed by atoms with Crippen LogP contribution >= 0.6 is 15.9 Å². The predicted molar refractivity (Wildman–Crippen MR) is 48.7 cm³/mol. The van der Waals surface area contributed by atoms with Crippen molar-refractivity contribution in [3.8, 4) is 0 Å². The summed E-state index contributed by atoms with van der Waals surface area (Å²) in [4.78, 5) is 0. The monoisotopic (exact) mass is 234 g/mol. The Morgan fingerprint density at radius 3 is 2.25 bits per heavy atom. The average Bonchev–Trinajstić information content (AvgIpc) is 2.06. The fourth-order valence-electron chi connectivity index (χ4n) is 0.945. The van der Waals surface area contributed by atoms with E-state index in [2.05, 4.69) is 15.9 Å². The minimum atomic E-state index is -2.70. The van der Waals surface area contributed by atoms with Crippen molar-refractivity contribution in [1.29, 1.82) is 0 Å². The van der Waals surface area contributed by atoms with E-state index in [1.54, 1.807) is 18.2 Å². The minimum Gasteiger partial charge on any atom is -0.201 e. The zero-order valence-corrected chi connectivity index (χ0v) is 8.02. The van der Waals surface area contributed by atoms with Crippen LogP contribution in [0.3, 0.4) is 0 Å². The molecule has 66 valence electrons. The maximum atomic E-state index is 13.1.